The predicted molar refractivity (Wildman–Crippen MR) is 78.4 cm³/mol. The Balaban J connectivity index is 2.22. The number of benzene rings is 1. The van der Waals surface area contributed by atoms with Crippen molar-refractivity contribution in [2.45, 2.75) is 12.5 Å². The van der Waals surface area contributed by atoms with Crippen LogP contribution < -0.4 is 4.90 Å². The highest BCUT2D eigenvalue weighted by molar-refractivity contribution is 6.35. The third kappa shape index (κ3) is 2.81. The number of hydrogen-bond donors (Lipinski definition) is 0. The number of ether oxygens (including phenoxy) is 1. The Morgan fingerprint density at radius 2 is 1.90 bits per heavy atom. The number of Topliss-reactive ketones (excluding diaryl/α,β-unsaturated/α-hetero) is 1. The summed E-state index contributed by atoms with van der Waals surface area (Å²) in [6.45, 7) is 0. The lowest BCUT2D eigenvalue weighted by Gasteiger charge is -2.26. The predicted octanol–water partition coefficient (Wildman–Crippen LogP) is 2.87. The highest BCUT2D eigenvalue weighted by Crippen LogP contribution is 2.29. The van der Waals surface area contributed by atoms with Crippen LogP contribution in [0.5, 0.6) is 0 Å². The minimum Gasteiger partial charge on any atom is -0.465 e. The molecule has 1 aromatic rings. The van der Waals surface area contributed by atoms with E-state index < -0.39 is 12.0 Å². The number of likely N-dealkylation sites (N-methyl/N-ethyl adjacent to an activating group) is 1. The highest BCUT2D eigenvalue weighted by Gasteiger charge is 2.34. The SMILES string of the molecule is COC(=O)C1=CCC(N(C)c2cc(Cl)cc(Cl)c2)C1=O. The van der Waals surface area contributed by atoms with Gasteiger partial charge in [-0.2, -0.15) is 0 Å². The molecule has 0 amide bonds. The molecule has 6 heteroatoms. The minimum absolute atomic E-state index is 0.0949. The van der Waals surface area contributed by atoms with Crippen LogP contribution >= 0.6 is 23.2 Å². The molecule has 0 bridgehead atoms. The van der Waals surface area contributed by atoms with Gasteiger partial charge in [-0.1, -0.05) is 29.3 Å². The first-order chi connectivity index (χ1) is 9.43. The third-order valence-corrected chi connectivity index (χ3v) is 3.68. The van der Waals surface area contributed by atoms with Gasteiger partial charge < -0.3 is 9.64 Å². The molecule has 0 saturated heterocycles. The van der Waals surface area contributed by atoms with E-state index in [0.29, 0.717) is 16.5 Å². The fourth-order valence-corrected chi connectivity index (χ4v) is 2.68. The van der Waals surface area contributed by atoms with Crippen molar-refractivity contribution in [2.24, 2.45) is 0 Å². The van der Waals surface area contributed by atoms with Gasteiger partial charge in [-0.15, -0.1) is 0 Å². The van der Waals surface area contributed by atoms with E-state index in [1.165, 1.54) is 7.11 Å². The molecule has 2 rings (SSSR count). The minimum atomic E-state index is -0.602. The van der Waals surface area contributed by atoms with Crippen LogP contribution in [0.3, 0.4) is 0 Å². The van der Waals surface area contributed by atoms with Crippen LogP contribution in [0.25, 0.3) is 0 Å². The molecule has 0 fully saturated rings. The summed E-state index contributed by atoms with van der Waals surface area (Å²) in [4.78, 5) is 25.4. The van der Waals surface area contributed by atoms with Gasteiger partial charge in [0.2, 0.25) is 0 Å². The van der Waals surface area contributed by atoms with Crippen molar-refractivity contribution < 1.29 is 14.3 Å². The highest BCUT2D eigenvalue weighted by atomic mass is 35.5. The Kier molecular flexibility index (Phi) is 4.35. The maximum Gasteiger partial charge on any atom is 0.341 e. The molecule has 0 aliphatic heterocycles. The number of hydrogen-bond acceptors (Lipinski definition) is 4. The van der Waals surface area contributed by atoms with Gasteiger partial charge in [-0.3, -0.25) is 4.79 Å². The van der Waals surface area contributed by atoms with Crippen LogP contribution in [-0.2, 0) is 14.3 Å². The maximum absolute atomic E-state index is 12.2. The second kappa shape index (κ2) is 5.85. The standard InChI is InChI=1S/C14H13Cl2NO3/c1-17(10-6-8(15)5-9(16)7-10)12-4-3-11(13(12)18)14(19)20-2/h3,5-7,12H,4H2,1-2H3. The van der Waals surface area contributed by atoms with Crippen LogP contribution in [0.1, 0.15) is 6.42 Å². The van der Waals surface area contributed by atoms with Crippen molar-refractivity contribution in [3.8, 4) is 0 Å². The number of nitrogens with zero attached hydrogens (tertiary/aromatic N) is 1. The second-order valence-corrected chi connectivity index (χ2v) is 5.34. The summed E-state index contributed by atoms with van der Waals surface area (Å²) < 4.78 is 4.59. The van der Waals surface area contributed by atoms with Crippen LogP contribution in [0, 0.1) is 0 Å². The number of halogens is 2. The van der Waals surface area contributed by atoms with Crippen molar-refractivity contribution in [1.29, 1.82) is 0 Å². The molecule has 1 unspecified atom stereocenters. The van der Waals surface area contributed by atoms with E-state index in [4.69, 9.17) is 23.2 Å². The average molecular weight is 314 g/mol. The molecule has 4 nitrogen and oxygen atoms in total. The summed E-state index contributed by atoms with van der Waals surface area (Å²) in [7, 11) is 3.02. The van der Waals surface area contributed by atoms with E-state index in [0.717, 1.165) is 5.69 Å². The summed E-state index contributed by atoms with van der Waals surface area (Å²) in [5.74, 6) is -0.856. The second-order valence-electron chi connectivity index (χ2n) is 4.46. The molecule has 1 aromatic carbocycles. The first-order valence-corrected chi connectivity index (χ1v) is 6.71. The lowest BCUT2D eigenvalue weighted by atomic mass is 10.1. The molecule has 1 aliphatic carbocycles. The lowest BCUT2D eigenvalue weighted by molar-refractivity contribution is -0.137. The zero-order valence-corrected chi connectivity index (χ0v) is 12.5. The van der Waals surface area contributed by atoms with Gasteiger partial charge in [0.15, 0.2) is 5.78 Å². The largest absolute Gasteiger partial charge is 0.465 e. The summed E-state index contributed by atoms with van der Waals surface area (Å²) in [6, 6.07) is 4.61. The number of carbonyl (C=O) groups is 2. The van der Waals surface area contributed by atoms with Crippen molar-refractivity contribution in [2.75, 3.05) is 19.1 Å². The van der Waals surface area contributed by atoms with Crippen LogP contribution in [-0.4, -0.2) is 32.0 Å². The van der Waals surface area contributed by atoms with Crippen LogP contribution in [0.4, 0.5) is 5.69 Å². The topological polar surface area (TPSA) is 46.6 Å². The molecule has 20 heavy (non-hydrogen) atoms. The summed E-state index contributed by atoms with van der Waals surface area (Å²) in [6.07, 6.45) is 2.05. The first kappa shape index (κ1) is 14.9. The fraction of sp³-hybridized carbons (Fsp3) is 0.286. The van der Waals surface area contributed by atoms with Gasteiger partial charge in [0.25, 0.3) is 0 Å². The van der Waals surface area contributed by atoms with Crippen molar-refractivity contribution in [3.63, 3.8) is 0 Å². The first-order valence-electron chi connectivity index (χ1n) is 5.95. The zero-order chi connectivity index (χ0) is 14.9. The Morgan fingerprint density at radius 1 is 1.30 bits per heavy atom. The number of ketones is 1. The van der Waals surface area contributed by atoms with Crippen LogP contribution in [0.2, 0.25) is 10.0 Å². The summed E-state index contributed by atoms with van der Waals surface area (Å²) >= 11 is 11.9. The van der Waals surface area contributed by atoms with Gasteiger partial charge in [0, 0.05) is 22.8 Å². The molecule has 0 spiro atoms. The van der Waals surface area contributed by atoms with E-state index in [1.807, 2.05) is 0 Å². The summed E-state index contributed by atoms with van der Waals surface area (Å²) in [5, 5.41) is 0.983. The van der Waals surface area contributed by atoms with Gasteiger partial charge in [-0.05, 0) is 24.6 Å². The number of esters is 1. The van der Waals surface area contributed by atoms with Crippen molar-refractivity contribution >= 4 is 40.6 Å². The number of rotatable bonds is 3. The molecule has 0 radical (unpaired) electrons. The quantitative estimate of drug-likeness (QED) is 0.636. The van der Waals surface area contributed by atoms with E-state index in [-0.39, 0.29) is 11.4 Å². The van der Waals surface area contributed by atoms with Crippen molar-refractivity contribution in [3.05, 3.63) is 39.9 Å². The number of anilines is 1. The smallest absolute Gasteiger partial charge is 0.341 e. The molecule has 0 aromatic heterocycles. The van der Waals surface area contributed by atoms with Gasteiger partial charge in [0.1, 0.15) is 5.57 Å². The zero-order valence-electron chi connectivity index (χ0n) is 11.0. The van der Waals surface area contributed by atoms with Gasteiger partial charge in [0.05, 0.1) is 13.2 Å². The van der Waals surface area contributed by atoms with Gasteiger partial charge >= 0.3 is 5.97 Å². The Hall–Kier alpha value is -1.52. The van der Waals surface area contributed by atoms with E-state index in [2.05, 4.69) is 4.74 Å². The van der Waals surface area contributed by atoms with Crippen molar-refractivity contribution in [1.82, 2.24) is 0 Å². The molecule has 106 valence electrons. The normalized spacial score (nSPS) is 17.9. The van der Waals surface area contributed by atoms with Gasteiger partial charge in [-0.25, -0.2) is 4.79 Å². The molecular formula is C14H13Cl2NO3. The summed E-state index contributed by atoms with van der Waals surface area (Å²) in [5.41, 5.74) is 0.817. The number of carbonyl (C=O) groups excluding carboxylic acids is 2. The lowest BCUT2D eigenvalue weighted by Crippen LogP contribution is -2.37. The maximum atomic E-state index is 12.2. The Morgan fingerprint density at radius 3 is 2.45 bits per heavy atom. The van der Waals surface area contributed by atoms with Crippen LogP contribution in [0.15, 0.2) is 29.8 Å². The molecule has 0 saturated carbocycles. The molecule has 0 heterocycles. The Bertz CT molecular complexity index is 578. The third-order valence-electron chi connectivity index (χ3n) is 3.24. The molecular weight excluding hydrogens is 301 g/mol. The molecule has 1 atom stereocenters. The van der Waals surface area contributed by atoms with E-state index in [9.17, 15) is 9.59 Å². The molecule has 1 aliphatic rings. The monoisotopic (exact) mass is 313 g/mol. The average Bonchev–Trinajstić information content (AvgIpc) is 2.77. The number of methoxy groups -OCH3 is 1. The van der Waals surface area contributed by atoms with E-state index >= 15 is 0 Å². The Labute approximate surface area is 126 Å². The van der Waals surface area contributed by atoms with E-state index in [1.54, 1.807) is 36.2 Å². The fourth-order valence-electron chi connectivity index (χ4n) is 2.17. The molecule has 0 N–H and O–H groups in total.